The van der Waals surface area contributed by atoms with Gasteiger partial charge in [0.15, 0.2) is 0 Å². The smallest absolute Gasteiger partial charge is 0.131 e. The fourth-order valence-corrected chi connectivity index (χ4v) is 3.74. The lowest BCUT2D eigenvalue weighted by Crippen LogP contribution is -2.36. The van der Waals surface area contributed by atoms with Gasteiger partial charge in [0.25, 0.3) is 0 Å². The summed E-state index contributed by atoms with van der Waals surface area (Å²) in [6, 6.07) is 5.61. The lowest BCUT2D eigenvalue weighted by molar-refractivity contribution is 0.407. The number of ether oxygens (including phenoxy) is 1. The second-order valence-electron chi connectivity index (χ2n) is 5.09. The van der Waals surface area contributed by atoms with Gasteiger partial charge in [0.05, 0.1) is 7.11 Å². The Morgan fingerprint density at radius 1 is 1.42 bits per heavy atom. The van der Waals surface area contributed by atoms with Gasteiger partial charge < -0.3 is 10.1 Å². The molecule has 1 aliphatic carbocycles. The van der Waals surface area contributed by atoms with Gasteiger partial charge in [-0.15, -0.1) is 0 Å². The quantitative estimate of drug-likeness (QED) is 0.889. The molecule has 106 valence electrons. The van der Waals surface area contributed by atoms with Crippen LogP contribution >= 0.6 is 11.8 Å². The van der Waals surface area contributed by atoms with E-state index in [4.69, 9.17) is 4.74 Å². The van der Waals surface area contributed by atoms with E-state index >= 15 is 0 Å². The van der Waals surface area contributed by atoms with E-state index in [2.05, 4.69) is 11.6 Å². The molecule has 3 atom stereocenters. The monoisotopic (exact) mass is 283 g/mol. The number of hydrogen-bond acceptors (Lipinski definition) is 3. The molecule has 1 fully saturated rings. The molecule has 0 aromatic heterocycles. The number of hydrogen-bond donors (Lipinski definition) is 1. The van der Waals surface area contributed by atoms with Crippen LogP contribution in [0.25, 0.3) is 0 Å². The third kappa shape index (κ3) is 3.42. The van der Waals surface area contributed by atoms with E-state index in [0.717, 1.165) is 0 Å². The lowest BCUT2D eigenvalue weighted by atomic mass is 10.1. The van der Waals surface area contributed by atoms with E-state index in [1.54, 1.807) is 7.11 Å². The Kier molecular flexibility index (Phi) is 5.11. The van der Waals surface area contributed by atoms with Gasteiger partial charge in [0.1, 0.15) is 11.6 Å². The number of thioether (sulfide) groups is 1. The minimum atomic E-state index is -0.196. The summed E-state index contributed by atoms with van der Waals surface area (Å²) in [6.45, 7) is 2.03. The summed E-state index contributed by atoms with van der Waals surface area (Å²) < 4.78 is 19.0. The maximum Gasteiger partial charge on any atom is 0.131 e. The number of benzene rings is 1. The van der Waals surface area contributed by atoms with Crippen LogP contribution in [0, 0.1) is 5.82 Å². The highest BCUT2D eigenvalue weighted by atomic mass is 32.2. The van der Waals surface area contributed by atoms with Crippen LogP contribution in [0.5, 0.6) is 5.75 Å². The second kappa shape index (κ2) is 6.62. The lowest BCUT2D eigenvalue weighted by Gasteiger charge is -2.24. The number of methoxy groups -OCH3 is 1. The van der Waals surface area contributed by atoms with Crippen LogP contribution in [-0.2, 0) is 0 Å². The predicted octanol–water partition coefficient (Wildman–Crippen LogP) is 3.77. The summed E-state index contributed by atoms with van der Waals surface area (Å²) in [5, 5.41) is 4.23. The molecule has 0 heterocycles. The van der Waals surface area contributed by atoms with Crippen molar-refractivity contribution in [1.29, 1.82) is 0 Å². The summed E-state index contributed by atoms with van der Waals surface area (Å²) >= 11 is 1.91. The molecule has 0 bridgehead atoms. The zero-order valence-corrected chi connectivity index (χ0v) is 12.6. The fraction of sp³-hybridized carbons (Fsp3) is 0.600. The first-order valence-electron chi connectivity index (χ1n) is 6.78. The summed E-state index contributed by atoms with van der Waals surface area (Å²) in [4.78, 5) is 0. The van der Waals surface area contributed by atoms with Crippen molar-refractivity contribution in [2.75, 3.05) is 13.4 Å². The van der Waals surface area contributed by atoms with Gasteiger partial charge in [-0.1, -0.05) is 12.5 Å². The van der Waals surface area contributed by atoms with Crippen LogP contribution in [0.15, 0.2) is 18.2 Å². The molecule has 1 N–H and O–H groups in total. The topological polar surface area (TPSA) is 21.3 Å². The Hall–Kier alpha value is -0.740. The molecule has 4 heteroatoms. The van der Waals surface area contributed by atoms with Gasteiger partial charge in [-0.2, -0.15) is 11.8 Å². The van der Waals surface area contributed by atoms with Crippen molar-refractivity contribution in [3.05, 3.63) is 29.6 Å². The van der Waals surface area contributed by atoms with Gasteiger partial charge >= 0.3 is 0 Å². The Balaban J connectivity index is 2.05. The van der Waals surface area contributed by atoms with E-state index < -0.39 is 0 Å². The fourth-order valence-electron chi connectivity index (χ4n) is 2.80. The zero-order valence-electron chi connectivity index (χ0n) is 11.8. The number of halogens is 1. The summed E-state index contributed by atoms with van der Waals surface area (Å²) in [7, 11) is 1.55. The van der Waals surface area contributed by atoms with Crippen LogP contribution in [0.2, 0.25) is 0 Å². The van der Waals surface area contributed by atoms with Crippen LogP contribution in [0.1, 0.15) is 37.8 Å². The predicted molar refractivity (Wildman–Crippen MR) is 79.4 cm³/mol. The molecule has 1 aromatic carbocycles. The van der Waals surface area contributed by atoms with Crippen molar-refractivity contribution in [2.24, 2.45) is 0 Å². The molecular weight excluding hydrogens is 261 g/mol. The van der Waals surface area contributed by atoms with E-state index in [1.807, 2.05) is 30.8 Å². The van der Waals surface area contributed by atoms with E-state index in [0.29, 0.717) is 22.6 Å². The highest BCUT2D eigenvalue weighted by Crippen LogP contribution is 2.31. The van der Waals surface area contributed by atoms with Gasteiger partial charge in [0, 0.05) is 29.0 Å². The molecule has 0 aliphatic heterocycles. The van der Waals surface area contributed by atoms with Crippen molar-refractivity contribution < 1.29 is 9.13 Å². The Bertz CT molecular complexity index is 427. The van der Waals surface area contributed by atoms with Gasteiger partial charge in [-0.25, -0.2) is 4.39 Å². The van der Waals surface area contributed by atoms with E-state index in [-0.39, 0.29) is 11.9 Å². The maximum atomic E-state index is 14.0. The third-order valence-corrected chi connectivity index (χ3v) is 5.06. The summed E-state index contributed by atoms with van der Waals surface area (Å²) in [6.07, 6.45) is 5.87. The van der Waals surface area contributed by atoms with Crippen LogP contribution in [-0.4, -0.2) is 24.7 Å². The molecule has 1 aliphatic rings. The minimum absolute atomic E-state index is 0.0312. The van der Waals surface area contributed by atoms with Gasteiger partial charge in [-0.05, 0) is 32.1 Å². The van der Waals surface area contributed by atoms with Crippen molar-refractivity contribution in [1.82, 2.24) is 5.32 Å². The first-order chi connectivity index (χ1) is 9.15. The molecule has 2 rings (SSSR count). The minimum Gasteiger partial charge on any atom is -0.497 e. The Labute approximate surface area is 119 Å². The van der Waals surface area contributed by atoms with E-state index in [1.165, 1.54) is 25.3 Å². The normalized spacial score (nSPS) is 24.4. The highest BCUT2D eigenvalue weighted by Gasteiger charge is 2.28. The van der Waals surface area contributed by atoms with Crippen molar-refractivity contribution in [3.8, 4) is 5.75 Å². The second-order valence-corrected chi connectivity index (χ2v) is 6.16. The van der Waals surface area contributed by atoms with Crippen molar-refractivity contribution in [3.63, 3.8) is 0 Å². The molecule has 3 unspecified atom stereocenters. The molecule has 19 heavy (non-hydrogen) atoms. The first kappa shape index (κ1) is 14.7. The number of nitrogens with one attached hydrogen (secondary N) is 1. The summed E-state index contributed by atoms with van der Waals surface area (Å²) in [5.41, 5.74) is 0.715. The van der Waals surface area contributed by atoms with Crippen LogP contribution < -0.4 is 10.1 Å². The molecule has 0 spiro atoms. The first-order valence-corrected chi connectivity index (χ1v) is 8.06. The summed E-state index contributed by atoms with van der Waals surface area (Å²) in [5.74, 6) is 0.370. The van der Waals surface area contributed by atoms with Crippen molar-refractivity contribution >= 4 is 11.8 Å². The average molecular weight is 283 g/mol. The van der Waals surface area contributed by atoms with E-state index in [9.17, 15) is 4.39 Å². The van der Waals surface area contributed by atoms with Gasteiger partial charge in [-0.3, -0.25) is 0 Å². The molecule has 0 radical (unpaired) electrons. The molecule has 0 amide bonds. The maximum absolute atomic E-state index is 14.0. The van der Waals surface area contributed by atoms with Crippen molar-refractivity contribution in [2.45, 2.75) is 43.5 Å². The zero-order chi connectivity index (χ0) is 13.8. The average Bonchev–Trinajstić information content (AvgIpc) is 2.85. The Morgan fingerprint density at radius 2 is 2.21 bits per heavy atom. The Morgan fingerprint density at radius 3 is 2.84 bits per heavy atom. The molecular formula is C15H22FNOS. The standard InChI is InChI=1S/C15H22FNOS/c1-10(17-14-5-4-6-15(14)19-3)12-8-7-11(18-2)9-13(12)16/h7-10,14-15,17H,4-6H2,1-3H3. The largest absolute Gasteiger partial charge is 0.497 e. The SMILES string of the molecule is COc1ccc(C(C)NC2CCCC2SC)c(F)c1. The highest BCUT2D eigenvalue weighted by molar-refractivity contribution is 7.99. The molecule has 2 nitrogen and oxygen atoms in total. The van der Waals surface area contributed by atoms with Crippen LogP contribution in [0.4, 0.5) is 4.39 Å². The van der Waals surface area contributed by atoms with Crippen LogP contribution in [0.3, 0.4) is 0 Å². The number of rotatable bonds is 5. The molecule has 0 saturated heterocycles. The molecule has 1 aromatic rings. The molecule has 1 saturated carbocycles. The van der Waals surface area contributed by atoms with Gasteiger partial charge in [0.2, 0.25) is 0 Å². The third-order valence-electron chi connectivity index (χ3n) is 3.89.